The summed E-state index contributed by atoms with van der Waals surface area (Å²) in [5.41, 5.74) is 8.64. The first-order valence-corrected chi connectivity index (χ1v) is 9.92. The molecule has 0 bridgehead atoms. The van der Waals surface area contributed by atoms with Gasteiger partial charge in [0.1, 0.15) is 0 Å². The third kappa shape index (κ3) is 1.64. The van der Waals surface area contributed by atoms with Crippen LogP contribution in [-0.4, -0.2) is 4.98 Å². The zero-order chi connectivity index (χ0) is 16.6. The first-order chi connectivity index (χ1) is 12.3. The average molecular weight is 388 g/mol. The summed E-state index contributed by atoms with van der Waals surface area (Å²) < 4.78 is 1.28. The number of hydrogen-bond acceptors (Lipinski definition) is 0. The lowest BCUT2D eigenvalue weighted by Crippen LogP contribution is -2.20. The molecule has 1 N–H and O–H groups in total. The lowest BCUT2D eigenvalue weighted by molar-refractivity contribution is 0.548. The van der Waals surface area contributed by atoms with Gasteiger partial charge in [-0.1, -0.05) is 71.2 Å². The molecule has 1 saturated carbocycles. The molecule has 122 valence electrons. The SMILES string of the molecule is Brc1cc2c([nH]c3ccccc32)c2c1C1(CCCC1)c1ccccc1-2. The van der Waals surface area contributed by atoms with Gasteiger partial charge < -0.3 is 4.98 Å². The van der Waals surface area contributed by atoms with Crippen molar-refractivity contribution in [2.45, 2.75) is 31.1 Å². The number of halogens is 1. The van der Waals surface area contributed by atoms with Gasteiger partial charge in [-0.15, -0.1) is 0 Å². The maximum Gasteiger partial charge on any atom is 0.0548 e. The van der Waals surface area contributed by atoms with E-state index in [1.807, 2.05) is 0 Å². The van der Waals surface area contributed by atoms with Gasteiger partial charge in [-0.05, 0) is 41.7 Å². The van der Waals surface area contributed by atoms with Crippen molar-refractivity contribution >= 4 is 37.7 Å². The summed E-state index contributed by atoms with van der Waals surface area (Å²) in [4.78, 5) is 3.73. The Labute approximate surface area is 155 Å². The van der Waals surface area contributed by atoms with E-state index >= 15 is 0 Å². The topological polar surface area (TPSA) is 15.8 Å². The van der Waals surface area contributed by atoms with Crippen molar-refractivity contribution in [1.82, 2.24) is 4.98 Å². The standard InChI is InChI=1S/C23H18BrN/c24-18-13-16-14-7-2-4-10-19(14)25-22(16)20-15-8-1-3-9-17(15)23(21(18)20)11-5-6-12-23/h1-4,7-10,13,25H,5-6,11-12H2. The molecule has 0 atom stereocenters. The van der Waals surface area contributed by atoms with E-state index in [1.165, 1.54) is 74.2 Å². The Kier molecular flexibility index (Phi) is 2.70. The molecule has 0 aliphatic heterocycles. The summed E-state index contributed by atoms with van der Waals surface area (Å²) in [6.07, 6.45) is 5.18. The highest BCUT2D eigenvalue weighted by Gasteiger charge is 2.47. The summed E-state index contributed by atoms with van der Waals surface area (Å²) >= 11 is 3.97. The first kappa shape index (κ1) is 14.1. The van der Waals surface area contributed by atoms with Crippen LogP contribution in [0.25, 0.3) is 32.9 Å². The van der Waals surface area contributed by atoms with Crippen molar-refractivity contribution in [2.75, 3.05) is 0 Å². The minimum absolute atomic E-state index is 0.205. The summed E-state index contributed by atoms with van der Waals surface area (Å²) in [5, 5.41) is 2.64. The van der Waals surface area contributed by atoms with E-state index < -0.39 is 0 Å². The number of nitrogens with one attached hydrogen (secondary N) is 1. The van der Waals surface area contributed by atoms with Gasteiger partial charge in [-0.25, -0.2) is 0 Å². The van der Waals surface area contributed by atoms with Crippen LogP contribution in [-0.2, 0) is 5.41 Å². The molecular weight excluding hydrogens is 370 g/mol. The van der Waals surface area contributed by atoms with Gasteiger partial charge in [-0.3, -0.25) is 0 Å². The minimum atomic E-state index is 0.205. The van der Waals surface area contributed by atoms with Gasteiger partial charge in [0.15, 0.2) is 0 Å². The third-order valence-electron chi connectivity index (χ3n) is 6.40. The van der Waals surface area contributed by atoms with Crippen molar-refractivity contribution in [3.05, 3.63) is 70.2 Å². The van der Waals surface area contributed by atoms with Gasteiger partial charge in [-0.2, -0.15) is 0 Å². The van der Waals surface area contributed by atoms with Gasteiger partial charge >= 0.3 is 0 Å². The second kappa shape index (κ2) is 4.76. The van der Waals surface area contributed by atoms with Crippen LogP contribution < -0.4 is 0 Å². The third-order valence-corrected chi connectivity index (χ3v) is 7.03. The smallest absolute Gasteiger partial charge is 0.0548 e. The number of benzene rings is 3. The molecule has 1 nitrogen and oxygen atoms in total. The van der Waals surface area contributed by atoms with E-state index in [1.54, 1.807) is 0 Å². The van der Waals surface area contributed by atoms with E-state index in [2.05, 4.69) is 75.5 Å². The van der Waals surface area contributed by atoms with E-state index in [0.29, 0.717) is 0 Å². The fourth-order valence-corrected chi connectivity index (χ4v) is 6.25. The molecule has 1 fully saturated rings. The molecule has 6 rings (SSSR count). The molecule has 2 aliphatic carbocycles. The molecule has 4 aromatic rings. The Morgan fingerprint density at radius 3 is 2.52 bits per heavy atom. The second-order valence-corrected chi connectivity index (χ2v) is 8.39. The highest BCUT2D eigenvalue weighted by molar-refractivity contribution is 9.10. The molecule has 0 saturated heterocycles. The van der Waals surface area contributed by atoms with Crippen molar-refractivity contribution in [3.63, 3.8) is 0 Å². The van der Waals surface area contributed by atoms with Crippen molar-refractivity contribution in [1.29, 1.82) is 0 Å². The molecule has 0 unspecified atom stereocenters. The van der Waals surface area contributed by atoms with Crippen LogP contribution in [0.3, 0.4) is 0 Å². The Morgan fingerprint density at radius 2 is 1.64 bits per heavy atom. The predicted octanol–water partition coefficient (Wildman–Crippen LogP) is 6.92. The van der Waals surface area contributed by atoms with E-state index in [4.69, 9.17) is 0 Å². The van der Waals surface area contributed by atoms with Crippen LogP contribution in [0.4, 0.5) is 0 Å². The van der Waals surface area contributed by atoms with Crippen LogP contribution in [0, 0.1) is 0 Å². The molecule has 3 aromatic carbocycles. The normalized spacial score (nSPS) is 17.5. The van der Waals surface area contributed by atoms with Gasteiger partial charge in [0.2, 0.25) is 0 Å². The quantitative estimate of drug-likeness (QED) is 0.336. The van der Waals surface area contributed by atoms with Gasteiger partial charge in [0.05, 0.1) is 5.52 Å². The Bertz CT molecular complexity index is 1160. The zero-order valence-electron chi connectivity index (χ0n) is 13.9. The van der Waals surface area contributed by atoms with Gasteiger partial charge in [0, 0.05) is 31.7 Å². The maximum absolute atomic E-state index is 3.97. The molecule has 1 aromatic heterocycles. The first-order valence-electron chi connectivity index (χ1n) is 9.13. The molecule has 0 amide bonds. The Morgan fingerprint density at radius 1 is 0.880 bits per heavy atom. The monoisotopic (exact) mass is 387 g/mol. The van der Waals surface area contributed by atoms with E-state index in [0.717, 1.165) is 0 Å². The van der Waals surface area contributed by atoms with E-state index in [9.17, 15) is 0 Å². The second-order valence-electron chi connectivity index (χ2n) is 7.54. The zero-order valence-corrected chi connectivity index (χ0v) is 15.5. The van der Waals surface area contributed by atoms with Crippen LogP contribution in [0.5, 0.6) is 0 Å². The number of para-hydroxylation sites is 1. The molecule has 2 heteroatoms. The highest BCUT2D eigenvalue weighted by atomic mass is 79.9. The maximum atomic E-state index is 3.97. The fourth-order valence-electron chi connectivity index (χ4n) is 5.44. The van der Waals surface area contributed by atoms with Crippen LogP contribution in [0.15, 0.2) is 59.1 Å². The molecule has 25 heavy (non-hydrogen) atoms. The van der Waals surface area contributed by atoms with E-state index in [-0.39, 0.29) is 5.41 Å². The van der Waals surface area contributed by atoms with Crippen LogP contribution in [0.2, 0.25) is 0 Å². The number of H-pyrrole nitrogens is 1. The van der Waals surface area contributed by atoms with Crippen molar-refractivity contribution < 1.29 is 0 Å². The van der Waals surface area contributed by atoms with Crippen molar-refractivity contribution in [2.24, 2.45) is 0 Å². The number of fused-ring (bicyclic) bond motifs is 9. The number of aromatic amines is 1. The fraction of sp³-hybridized carbons (Fsp3) is 0.217. The number of hydrogen-bond donors (Lipinski definition) is 1. The number of rotatable bonds is 0. The summed E-state index contributed by atoms with van der Waals surface area (Å²) in [6, 6.07) is 20.1. The predicted molar refractivity (Wildman–Crippen MR) is 108 cm³/mol. The lowest BCUT2D eigenvalue weighted by Gasteiger charge is -2.27. The summed E-state index contributed by atoms with van der Waals surface area (Å²) in [5.74, 6) is 0. The van der Waals surface area contributed by atoms with Gasteiger partial charge in [0.25, 0.3) is 0 Å². The van der Waals surface area contributed by atoms with Crippen LogP contribution >= 0.6 is 15.9 Å². The molecule has 0 radical (unpaired) electrons. The average Bonchev–Trinajstić information content (AvgIpc) is 3.33. The molecular formula is C23H18BrN. The minimum Gasteiger partial charge on any atom is -0.354 e. The Hall–Kier alpha value is -2.06. The summed E-state index contributed by atoms with van der Waals surface area (Å²) in [7, 11) is 0. The molecule has 1 heterocycles. The Balaban J connectivity index is 1.85. The van der Waals surface area contributed by atoms with Crippen molar-refractivity contribution in [3.8, 4) is 11.1 Å². The molecule has 1 spiro atoms. The largest absolute Gasteiger partial charge is 0.354 e. The van der Waals surface area contributed by atoms with Crippen LogP contribution in [0.1, 0.15) is 36.8 Å². The molecule has 2 aliphatic rings. The summed E-state index contributed by atoms with van der Waals surface area (Å²) in [6.45, 7) is 0. The lowest BCUT2D eigenvalue weighted by atomic mass is 9.76. The highest BCUT2D eigenvalue weighted by Crippen LogP contribution is 2.60. The number of aromatic nitrogens is 1.